The van der Waals surface area contributed by atoms with E-state index < -0.39 is 17.4 Å². The summed E-state index contributed by atoms with van der Waals surface area (Å²) in [5.74, 6) is -0.437. The topological polar surface area (TPSA) is 61.8 Å². The minimum Gasteiger partial charge on any atom is -0.465 e. The summed E-state index contributed by atoms with van der Waals surface area (Å²) in [7, 11) is 0. The summed E-state index contributed by atoms with van der Waals surface area (Å²) in [5.41, 5.74) is -1.40. The van der Waals surface area contributed by atoms with Gasteiger partial charge in [0.05, 0.1) is 25.4 Å². The Morgan fingerprint density at radius 2 is 1.67 bits per heavy atom. The number of hydrogen-bond acceptors (Lipinski definition) is 5. The zero-order valence-electron chi connectivity index (χ0n) is 13.4. The Hall–Kier alpha value is -1.10. The van der Waals surface area contributed by atoms with Gasteiger partial charge in [0.15, 0.2) is 5.41 Å². The molecule has 0 radical (unpaired) electrons. The van der Waals surface area contributed by atoms with Crippen LogP contribution in [0.3, 0.4) is 0 Å². The van der Waals surface area contributed by atoms with Gasteiger partial charge in [0.2, 0.25) is 0 Å². The molecule has 1 aliphatic carbocycles. The lowest BCUT2D eigenvalue weighted by molar-refractivity contribution is -0.173. The molecule has 1 heterocycles. The lowest BCUT2D eigenvalue weighted by Crippen LogP contribution is -2.42. The zero-order valence-corrected chi connectivity index (χ0v) is 13.4. The molecule has 2 fully saturated rings. The number of hydrogen-bond donors (Lipinski definition) is 0. The van der Waals surface area contributed by atoms with E-state index in [0.717, 1.165) is 6.42 Å². The van der Waals surface area contributed by atoms with E-state index in [1.54, 1.807) is 13.8 Å². The van der Waals surface area contributed by atoms with E-state index in [-0.39, 0.29) is 30.7 Å². The highest BCUT2D eigenvalue weighted by molar-refractivity contribution is 6.00. The Kier molecular flexibility index (Phi) is 4.61. The Labute approximate surface area is 126 Å². The summed E-state index contributed by atoms with van der Waals surface area (Å²) in [6.07, 6.45) is 1.82. The van der Waals surface area contributed by atoms with E-state index >= 15 is 0 Å². The molecule has 1 saturated carbocycles. The van der Waals surface area contributed by atoms with Crippen molar-refractivity contribution in [2.75, 3.05) is 19.8 Å². The maximum absolute atomic E-state index is 12.5. The van der Waals surface area contributed by atoms with Crippen LogP contribution in [-0.2, 0) is 23.8 Å². The number of rotatable bonds is 5. The second-order valence-electron chi connectivity index (χ2n) is 6.28. The van der Waals surface area contributed by atoms with Gasteiger partial charge in [-0.15, -0.1) is 0 Å². The number of fused-ring (bicyclic) bond motifs is 1. The average molecular weight is 298 g/mol. The van der Waals surface area contributed by atoms with E-state index in [1.807, 2.05) is 0 Å². The van der Waals surface area contributed by atoms with Crippen LogP contribution < -0.4 is 0 Å². The van der Waals surface area contributed by atoms with E-state index in [2.05, 4.69) is 13.8 Å². The molecule has 5 heteroatoms. The molecule has 0 amide bonds. The third-order valence-electron chi connectivity index (χ3n) is 5.19. The van der Waals surface area contributed by atoms with Crippen molar-refractivity contribution < 1.29 is 23.8 Å². The third-order valence-corrected chi connectivity index (χ3v) is 5.19. The van der Waals surface area contributed by atoms with Gasteiger partial charge in [-0.2, -0.15) is 0 Å². The van der Waals surface area contributed by atoms with Crippen molar-refractivity contribution in [1.82, 2.24) is 0 Å². The van der Waals surface area contributed by atoms with Crippen LogP contribution in [0.5, 0.6) is 0 Å². The van der Waals surface area contributed by atoms with Gasteiger partial charge < -0.3 is 14.2 Å². The summed E-state index contributed by atoms with van der Waals surface area (Å²) in [6.45, 7) is 8.82. The molecule has 1 saturated heterocycles. The maximum Gasteiger partial charge on any atom is 0.323 e. The summed E-state index contributed by atoms with van der Waals surface area (Å²) in [6, 6.07) is 0. The van der Waals surface area contributed by atoms with Gasteiger partial charge in [0, 0.05) is 0 Å². The molecule has 120 valence electrons. The van der Waals surface area contributed by atoms with Gasteiger partial charge in [0.1, 0.15) is 0 Å². The van der Waals surface area contributed by atoms with Crippen LogP contribution in [0.2, 0.25) is 0 Å². The quantitative estimate of drug-likeness (QED) is 0.576. The highest BCUT2D eigenvalue weighted by atomic mass is 16.6. The first-order valence-electron chi connectivity index (χ1n) is 7.92. The number of carbonyl (C=O) groups is 2. The molecule has 21 heavy (non-hydrogen) atoms. The predicted molar refractivity (Wildman–Crippen MR) is 76.6 cm³/mol. The molecule has 2 aliphatic rings. The fraction of sp³-hybridized carbons (Fsp3) is 0.875. The second kappa shape index (κ2) is 5.95. The van der Waals surface area contributed by atoms with Gasteiger partial charge in [0.25, 0.3) is 0 Å². The van der Waals surface area contributed by atoms with Crippen LogP contribution in [0.1, 0.15) is 47.0 Å². The fourth-order valence-corrected chi connectivity index (χ4v) is 3.83. The monoisotopic (exact) mass is 298 g/mol. The predicted octanol–water partition coefficient (Wildman–Crippen LogP) is 2.32. The molecule has 0 N–H and O–H groups in total. The minimum absolute atomic E-state index is 0.205. The molecule has 0 bridgehead atoms. The lowest BCUT2D eigenvalue weighted by atomic mass is 9.80. The van der Waals surface area contributed by atoms with Crippen LogP contribution in [0.15, 0.2) is 0 Å². The standard InChI is InChI=1S/C16H26O5/c1-5-15(4)12-9-16(13(17)19-6-2,14(18)20-7-3)8-11(12)10-21-15/h11-12H,5-10H2,1-4H3/t11-,12-,15?/m0/s1. The lowest BCUT2D eigenvalue weighted by Gasteiger charge is -2.31. The molecule has 0 aromatic heterocycles. The molecule has 5 nitrogen and oxygen atoms in total. The summed E-state index contributed by atoms with van der Waals surface area (Å²) >= 11 is 0. The van der Waals surface area contributed by atoms with E-state index in [0.29, 0.717) is 19.4 Å². The fourth-order valence-electron chi connectivity index (χ4n) is 3.83. The molecule has 1 aliphatic heterocycles. The molecule has 0 spiro atoms. The Morgan fingerprint density at radius 1 is 1.10 bits per heavy atom. The first kappa shape index (κ1) is 16.3. The number of carbonyl (C=O) groups excluding carboxylic acids is 2. The SMILES string of the molecule is CCOC(=O)C1(C(=O)OCC)C[C@H]2COC(C)(CC)[C@H]2C1. The van der Waals surface area contributed by atoms with E-state index in [1.165, 1.54) is 0 Å². The van der Waals surface area contributed by atoms with Crippen LogP contribution >= 0.6 is 0 Å². The average Bonchev–Trinajstić information content (AvgIpc) is 2.99. The number of ether oxygens (including phenoxy) is 3. The van der Waals surface area contributed by atoms with E-state index in [4.69, 9.17) is 14.2 Å². The molecule has 1 unspecified atom stereocenters. The van der Waals surface area contributed by atoms with Crippen LogP contribution in [0.25, 0.3) is 0 Å². The third kappa shape index (κ3) is 2.56. The molecule has 2 rings (SSSR count). The first-order valence-corrected chi connectivity index (χ1v) is 7.92. The molecule has 0 aromatic rings. The minimum atomic E-state index is -1.14. The highest BCUT2D eigenvalue weighted by Crippen LogP contribution is 2.56. The maximum atomic E-state index is 12.5. The largest absolute Gasteiger partial charge is 0.465 e. The van der Waals surface area contributed by atoms with Crippen molar-refractivity contribution in [2.24, 2.45) is 17.3 Å². The summed E-state index contributed by atoms with van der Waals surface area (Å²) in [4.78, 5) is 24.9. The van der Waals surface area contributed by atoms with Crippen molar-refractivity contribution in [1.29, 1.82) is 0 Å². The molecule has 3 atom stereocenters. The molecular formula is C16H26O5. The van der Waals surface area contributed by atoms with Crippen molar-refractivity contribution >= 4 is 11.9 Å². The Balaban J connectivity index is 2.28. The van der Waals surface area contributed by atoms with Gasteiger partial charge in [-0.1, -0.05) is 6.92 Å². The van der Waals surface area contributed by atoms with Crippen molar-refractivity contribution in [3.63, 3.8) is 0 Å². The first-order chi connectivity index (χ1) is 9.93. The van der Waals surface area contributed by atoms with Gasteiger partial charge in [-0.25, -0.2) is 0 Å². The Morgan fingerprint density at radius 3 is 2.14 bits per heavy atom. The Bertz CT molecular complexity index is 401. The van der Waals surface area contributed by atoms with Gasteiger partial charge in [-0.05, 0) is 51.9 Å². The summed E-state index contributed by atoms with van der Waals surface area (Å²) < 4.78 is 16.3. The van der Waals surface area contributed by atoms with Gasteiger partial charge >= 0.3 is 11.9 Å². The number of esters is 2. The molecular weight excluding hydrogens is 272 g/mol. The highest BCUT2D eigenvalue weighted by Gasteiger charge is 2.63. The van der Waals surface area contributed by atoms with Gasteiger partial charge in [-0.3, -0.25) is 9.59 Å². The molecule has 0 aromatic carbocycles. The zero-order chi connectivity index (χ0) is 15.7. The van der Waals surface area contributed by atoms with Crippen LogP contribution in [-0.4, -0.2) is 37.4 Å². The van der Waals surface area contributed by atoms with Crippen LogP contribution in [0, 0.1) is 17.3 Å². The van der Waals surface area contributed by atoms with Crippen molar-refractivity contribution in [2.45, 2.75) is 52.6 Å². The van der Waals surface area contributed by atoms with Crippen molar-refractivity contribution in [3.05, 3.63) is 0 Å². The smallest absolute Gasteiger partial charge is 0.323 e. The van der Waals surface area contributed by atoms with Crippen LogP contribution in [0.4, 0.5) is 0 Å². The summed E-state index contributed by atoms with van der Waals surface area (Å²) in [5, 5.41) is 0. The second-order valence-corrected chi connectivity index (χ2v) is 6.28. The normalized spacial score (nSPS) is 33.5. The van der Waals surface area contributed by atoms with Crippen molar-refractivity contribution in [3.8, 4) is 0 Å². The van der Waals surface area contributed by atoms with E-state index in [9.17, 15) is 9.59 Å².